The first kappa shape index (κ1) is 5.41. The van der Waals surface area contributed by atoms with Crippen LogP contribution in [0.4, 0.5) is 4.79 Å². The molecular weight excluding hydrogens is 104 g/mol. The molecule has 0 spiro atoms. The van der Waals surface area contributed by atoms with Crippen LogP contribution in [0.3, 0.4) is 0 Å². The van der Waals surface area contributed by atoms with E-state index in [1.54, 1.807) is 5.01 Å². The van der Waals surface area contributed by atoms with Crippen LogP contribution in [0.5, 0.6) is 0 Å². The summed E-state index contributed by atoms with van der Waals surface area (Å²) in [4.78, 5) is 10.2. The molecule has 0 radical (unpaired) electrons. The van der Waals surface area contributed by atoms with Gasteiger partial charge in [-0.25, -0.2) is 15.2 Å². The van der Waals surface area contributed by atoms with Gasteiger partial charge in [-0.2, -0.15) is 0 Å². The summed E-state index contributed by atoms with van der Waals surface area (Å²) in [5.74, 6) is 0. The van der Waals surface area contributed by atoms with Gasteiger partial charge in [0.2, 0.25) is 0 Å². The summed E-state index contributed by atoms with van der Waals surface area (Å²) >= 11 is 0. The number of unbranched alkanes of at least 4 members (excludes halogenated alkanes) is 1. The van der Waals surface area contributed by atoms with Crippen molar-refractivity contribution in [3.05, 3.63) is 0 Å². The number of hydrogen-bond donors (Lipinski definition) is 1. The van der Waals surface area contributed by atoms with Gasteiger partial charge in [0.1, 0.15) is 0 Å². The average Bonchev–Trinajstić information content (AvgIpc) is 2.42. The zero-order chi connectivity index (χ0) is 5.98. The van der Waals surface area contributed by atoms with Gasteiger partial charge < -0.3 is 0 Å². The first-order valence-corrected chi connectivity index (χ1v) is 2.92. The molecule has 8 heavy (non-hydrogen) atoms. The van der Waals surface area contributed by atoms with E-state index in [-0.39, 0.29) is 6.03 Å². The highest BCUT2D eigenvalue weighted by Gasteiger charge is 2.27. The maximum Gasteiger partial charge on any atom is 0.355 e. The third-order valence-electron chi connectivity index (χ3n) is 1.16. The maximum atomic E-state index is 10.2. The fourth-order valence-electron chi connectivity index (χ4n) is 0.564. The lowest BCUT2D eigenvalue weighted by Crippen LogP contribution is -2.01. The van der Waals surface area contributed by atoms with Crippen LogP contribution in [0.25, 0.3) is 0 Å². The monoisotopic (exact) mass is 114 g/mol. The molecule has 1 saturated heterocycles. The second-order valence-electron chi connectivity index (χ2n) is 1.92. The van der Waals surface area contributed by atoms with Gasteiger partial charge in [-0.1, -0.05) is 13.3 Å². The van der Waals surface area contributed by atoms with Crippen LogP contribution in [-0.2, 0) is 0 Å². The van der Waals surface area contributed by atoms with E-state index in [0.29, 0.717) is 0 Å². The van der Waals surface area contributed by atoms with Gasteiger partial charge in [0.25, 0.3) is 0 Å². The summed E-state index contributed by atoms with van der Waals surface area (Å²) in [6, 6.07) is 0.0680. The van der Waals surface area contributed by atoms with E-state index in [9.17, 15) is 4.79 Å². The van der Waals surface area contributed by atoms with E-state index in [2.05, 4.69) is 12.3 Å². The quantitative estimate of drug-likeness (QED) is 0.540. The number of hydrazine groups is 1. The van der Waals surface area contributed by atoms with Crippen LogP contribution >= 0.6 is 0 Å². The zero-order valence-electron chi connectivity index (χ0n) is 4.98. The third kappa shape index (κ3) is 1.12. The van der Waals surface area contributed by atoms with Crippen LogP contribution < -0.4 is 5.43 Å². The third-order valence-corrected chi connectivity index (χ3v) is 1.16. The molecule has 1 fully saturated rings. The summed E-state index contributed by atoms with van der Waals surface area (Å²) in [5.41, 5.74) is 2.56. The van der Waals surface area contributed by atoms with E-state index in [4.69, 9.17) is 0 Å². The lowest BCUT2D eigenvalue weighted by atomic mass is 10.3. The van der Waals surface area contributed by atoms with Crippen LogP contribution in [0, 0.1) is 0 Å². The Morgan fingerprint density at radius 2 is 2.38 bits per heavy atom. The smallest absolute Gasteiger partial charge is 0.245 e. The molecule has 3 heteroatoms. The van der Waals surface area contributed by atoms with Crippen molar-refractivity contribution in [3.63, 3.8) is 0 Å². The lowest BCUT2D eigenvalue weighted by molar-refractivity contribution is 0.258. The Balaban J connectivity index is 1.97. The number of rotatable bonds is 3. The lowest BCUT2D eigenvalue weighted by Gasteiger charge is -1.91. The van der Waals surface area contributed by atoms with Gasteiger partial charge >= 0.3 is 6.03 Å². The van der Waals surface area contributed by atoms with Crippen molar-refractivity contribution in [3.8, 4) is 0 Å². The molecule has 1 heterocycles. The number of carbonyl (C=O) groups excluding carboxylic acids is 1. The molecule has 0 aliphatic carbocycles. The van der Waals surface area contributed by atoms with Crippen molar-refractivity contribution in [2.24, 2.45) is 0 Å². The van der Waals surface area contributed by atoms with E-state index < -0.39 is 0 Å². The number of carbonyl (C=O) groups is 1. The Hall–Kier alpha value is -0.730. The zero-order valence-corrected chi connectivity index (χ0v) is 4.98. The topological polar surface area (TPSA) is 42.0 Å². The van der Waals surface area contributed by atoms with Gasteiger partial charge in [-0.15, -0.1) is 0 Å². The molecule has 3 nitrogen and oxygen atoms in total. The van der Waals surface area contributed by atoms with Crippen LogP contribution in [0.2, 0.25) is 0 Å². The Bertz CT molecular complexity index is 103. The number of amides is 2. The highest BCUT2D eigenvalue weighted by molar-refractivity contribution is 5.85. The predicted molar refractivity (Wildman–Crippen MR) is 30.1 cm³/mol. The van der Waals surface area contributed by atoms with E-state index in [1.165, 1.54) is 0 Å². The van der Waals surface area contributed by atoms with Crippen LogP contribution in [-0.4, -0.2) is 17.6 Å². The number of nitrogens with zero attached hydrogens (tertiary/aromatic N) is 1. The second kappa shape index (κ2) is 2.03. The minimum Gasteiger partial charge on any atom is -0.245 e. The van der Waals surface area contributed by atoms with Gasteiger partial charge in [0.15, 0.2) is 0 Å². The highest BCUT2D eigenvalue weighted by atomic mass is 16.2. The SMILES string of the molecule is CCCCN1NC1=O. The largest absolute Gasteiger partial charge is 0.355 e. The Kier molecular flexibility index (Phi) is 1.37. The molecule has 0 aromatic carbocycles. The molecule has 1 N–H and O–H groups in total. The summed E-state index contributed by atoms with van der Waals surface area (Å²) in [7, 11) is 0. The van der Waals surface area contributed by atoms with Crippen molar-refractivity contribution >= 4 is 6.03 Å². The van der Waals surface area contributed by atoms with Crippen molar-refractivity contribution in [1.29, 1.82) is 0 Å². The van der Waals surface area contributed by atoms with Crippen molar-refractivity contribution in [2.45, 2.75) is 19.8 Å². The molecule has 1 rings (SSSR count). The summed E-state index contributed by atoms with van der Waals surface area (Å²) in [6.45, 7) is 2.98. The fraction of sp³-hybridized carbons (Fsp3) is 0.800. The van der Waals surface area contributed by atoms with E-state index >= 15 is 0 Å². The molecule has 2 amide bonds. The average molecular weight is 114 g/mol. The Morgan fingerprint density at radius 3 is 2.75 bits per heavy atom. The minimum absolute atomic E-state index is 0.0680. The summed E-state index contributed by atoms with van der Waals surface area (Å²) < 4.78 is 0. The molecule has 1 aliphatic heterocycles. The Morgan fingerprint density at radius 1 is 1.75 bits per heavy atom. The van der Waals surface area contributed by atoms with Gasteiger partial charge in [0.05, 0.1) is 0 Å². The van der Waals surface area contributed by atoms with Crippen molar-refractivity contribution in [2.75, 3.05) is 6.54 Å². The predicted octanol–water partition coefficient (Wildman–Crippen LogP) is 0.727. The normalized spacial score (nSPS) is 16.1. The minimum atomic E-state index is 0.0680. The molecule has 1 aliphatic rings. The van der Waals surface area contributed by atoms with Gasteiger partial charge in [-0.05, 0) is 6.42 Å². The molecule has 0 saturated carbocycles. The Labute approximate surface area is 48.6 Å². The molecule has 0 unspecified atom stereocenters. The van der Waals surface area contributed by atoms with E-state index in [1.807, 2.05) is 0 Å². The first-order valence-electron chi connectivity index (χ1n) is 2.92. The van der Waals surface area contributed by atoms with Crippen molar-refractivity contribution < 1.29 is 4.79 Å². The van der Waals surface area contributed by atoms with Gasteiger partial charge in [-0.3, -0.25) is 0 Å². The number of hydrogen-bond acceptors (Lipinski definition) is 1. The number of nitrogens with one attached hydrogen (secondary N) is 1. The van der Waals surface area contributed by atoms with Crippen LogP contribution in [0.1, 0.15) is 19.8 Å². The maximum absolute atomic E-state index is 10.2. The highest BCUT2D eigenvalue weighted by Crippen LogP contribution is 2.01. The molecule has 46 valence electrons. The first-order chi connectivity index (χ1) is 3.84. The standard InChI is InChI=1S/C5H10N2O/c1-2-3-4-7-5(8)6-7/h2-4H2,1H3,(H,6,8). The second-order valence-corrected chi connectivity index (χ2v) is 1.92. The molecule has 0 aromatic heterocycles. The fourth-order valence-corrected chi connectivity index (χ4v) is 0.564. The molecular formula is C5H10N2O. The van der Waals surface area contributed by atoms with E-state index in [0.717, 1.165) is 19.4 Å². The van der Waals surface area contributed by atoms with Crippen LogP contribution in [0.15, 0.2) is 0 Å². The van der Waals surface area contributed by atoms with Crippen molar-refractivity contribution in [1.82, 2.24) is 10.4 Å². The van der Waals surface area contributed by atoms with Gasteiger partial charge in [0, 0.05) is 6.54 Å². The molecule has 0 atom stereocenters. The summed E-state index contributed by atoms with van der Waals surface area (Å²) in [6.07, 6.45) is 2.24. The number of urea groups is 1. The molecule has 0 aromatic rings. The molecule has 0 bridgehead atoms. The summed E-state index contributed by atoms with van der Waals surface area (Å²) in [5, 5.41) is 1.61.